The van der Waals surface area contributed by atoms with Gasteiger partial charge in [-0.2, -0.15) is 0 Å². The highest BCUT2D eigenvalue weighted by Crippen LogP contribution is 2.24. The molecule has 0 saturated carbocycles. The molecule has 18 heavy (non-hydrogen) atoms. The Hall–Kier alpha value is -1.62. The minimum Gasteiger partial charge on any atom is -0.475 e. The predicted octanol–water partition coefficient (Wildman–Crippen LogP) is 2.42. The molecule has 0 aromatic heterocycles. The molecule has 0 atom stereocenters. The van der Waals surface area contributed by atoms with Crippen LogP contribution in [0, 0.1) is 0 Å². The first-order valence-corrected chi connectivity index (χ1v) is 6.56. The number of thioether (sulfide) groups is 1. The molecule has 0 aliphatic rings. The van der Waals surface area contributed by atoms with Gasteiger partial charge in [-0.25, -0.2) is 4.79 Å². The van der Waals surface area contributed by atoms with Crippen LogP contribution in [0.4, 0.5) is 0 Å². The Kier molecular flexibility index (Phi) is 5.58. The van der Waals surface area contributed by atoms with E-state index in [2.05, 4.69) is 0 Å². The molecule has 0 radical (unpaired) electrons. The van der Waals surface area contributed by atoms with Crippen molar-refractivity contribution in [3.05, 3.63) is 29.8 Å². The van der Waals surface area contributed by atoms with Crippen LogP contribution in [-0.2, 0) is 9.59 Å². The fraction of sp³-hybridized carbons (Fsp3) is 0.308. The maximum Gasteiger partial charge on any atom is 0.372 e. The maximum absolute atomic E-state index is 11.8. The van der Waals surface area contributed by atoms with Crippen LogP contribution in [-0.4, -0.2) is 28.4 Å². The maximum atomic E-state index is 11.8. The van der Waals surface area contributed by atoms with E-state index in [0.29, 0.717) is 5.56 Å². The van der Waals surface area contributed by atoms with Crippen molar-refractivity contribution in [2.24, 2.45) is 0 Å². The zero-order valence-corrected chi connectivity index (χ0v) is 10.8. The largest absolute Gasteiger partial charge is 0.475 e. The zero-order chi connectivity index (χ0) is 13.5. The minimum absolute atomic E-state index is 0.422. The van der Waals surface area contributed by atoms with Gasteiger partial charge in [-0.05, 0) is 18.2 Å². The Labute approximate surface area is 109 Å². The van der Waals surface area contributed by atoms with Gasteiger partial charge in [-0.3, -0.25) is 9.59 Å². The van der Waals surface area contributed by atoms with Crippen LogP contribution in [0.3, 0.4) is 0 Å². The molecule has 0 heterocycles. The van der Waals surface area contributed by atoms with Crippen LogP contribution in [0.1, 0.15) is 30.1 Å². The summed E-state index contributed by atoms with van der Waals surface area (Å²) in [4.78, 5) is 34.1. The van der Waals surface area contributed by atoms with Gasteiger partial charge in [0, 0.05) is 10.5 Å². The summed E-state index contributed by atoms with van der Waals surface area (Å²) in [7, 11) is 0. The molecule has 0 fully saturated rings. The number of benzene rings is 1. The summed E-state index contributed by atoms with van der Waals surface area (Å²) in [6.07, 6.45) is 0.389. The van der Waals surface area contributed by atoms with Crippen molar-refractivity contribution in [1.29, 1.82) is 0 Å². The number of ketones is 2. The number of hydrogen-bond acceptors (Lipinski definition) is 4. The topological polar surface area (TPSA) is 71.4 Å². The van der Waals surface area contributed by atoms with E-state index >= 15 is 0 Å². The summed E-state index contributed by atoms with van der Waals surface area (Å²) >= 11 is 1.53. The van der Waals surface area contributed by atoms with E-state index in [0.717, 1.165) is 17.1 Å². The van der Waals surface area contributed by atoms with Gasteiger partial charge in [0.05, 0.1) is 6.42 Å². The van der Waals surface area contributed by atoms with Crippen molar-refractivity contribution in [3.8, 4) is 0 Å². The molecule has 96 valence electrons. The summed E-state index contributed by atoms with van der Waals surface area (Å²) in [5.74, 6) is -2.21. The number of carbonyl (C=O) groups excluding carboxylic acids is 2. The van der Waals surface area contributed by atoms with Gasteiger partial charge in [0.1, 0.15) is 0 Å². The summed E-state index contributed by atoms with van der Waals surface area (Å²) in [5, 5.41) is 8.48. The van der Waals surface area contributed by atoms with Gasteiger partial charge in [0.2, 0.25) is 5.78 Å². The number of rotatable bonds is 7. The number of carbonyl (C=O) groups is 3. The highest BCUT2D eigenvalue weighted by molar-refractivity contribution is 7.99. The Bertz CT molecular complexity index is 468. The average Bonchev–Trinajstić information content (AvgIpc) is 2.36. The molecule has 0 amide bonds. The van der Waals surface area contributed by atoms with E-state index < -0.39 is 24.0 Å². The molecule has 0 saturated heterocycles. The fourth-order valence-electron chi connectivity index (χ4n) is 1.35. The molecular weight excluding hydrogens is 252 g/mol. The smallest absolute Gasteiger partial charge is 0.372 e. The fourth-order valence-corrected chi connectivity index (χ4v) is 2.29. The van der Waals surface area contributed by atoms with E-state index in [1.165, 1.54) is 11.8 Å². The van der Waals surface area contributed by atoms with Gasteiger partial charge < -0.3 is 5.11 Å². The lowest BCUT2D eigenvalue weighted by atomic mass is 10.1. The van der Waals surface area contributed by atoms with Crippen LogP contribution in [0.25, 0.3) is 0 Å². The first-order chi connectivity index (χ1) is 8.56. The standard InChI is InChI=1S/C13H14O4S/c1-2-7-18-12-6-4-3-5-9(12)10(14)8-11(15)13(16)17/h3-6H,2,7-8H2,1H3,(H,16,17). The van der Waals surface area contributed by atoms with Gasteiger partial charge >= 0.3 is 5.97 Å². The summed E-state index contributed by atoms with van der Waals surface area (Å²) < 4.78 is 0. The molecule has 0 unspecified atom stereocenters. The van der Waals surface area contributed by atoms with Gasteiger partial charge in [0.15, 0.2) is 5.78 Å². The Morgan fingerprint density at radius 3 is 2.50 bits per heavy atom. The number of hydrogen-bond donors (Lipinski definition) is 1. The monoisotopic (exact) mass is 266 g/mol. The van der Waals surface area contributed by atoms with Crippen molar-refractivity contribution in [2.75, 3.05) is 5.75 Å². The molecule has 1 aromatic rings. The molecule has 1 rings (SSSR count). The Morgan fingerprint density at radius 2 is 1.89 bits per heavy atom. The third-order valence-electron chi connectivity index (χ3n) is 2.21. The summed E-state index contributed by atoms with van der Waals surface area (Å²) in [6, 6.07) is 6.94. The average molecular weight is 266 g/mol. The second-order valence-corrected chi connectivity index (χ2v) is 4.81. The third-order valence-corrected chi connectivity index (χ3v) is 3.49. The van der Waals surface area contributed by atoms with Crippen molar-refractivity contribution < 1.29 is 19.5 Å². The van der Waals surface area contributed by atoms with E-state index in [4.69, 9.17) is 5.11 Å². The van der Waals surface area contributed by atoms with Crippen LogP contribution < -0.4 is 0 Å². The van der Waals surface area contributed by atoms with Gasteiger partial charge in [0.25, 0.3) is 0 Å². The third kappa shape index (κ3) is 4.00. The van der Waals surface area contributed by atoms with Crippen LogP contribution in [0.2, 0.25) is 0 Å². The van der Waals surface area contributed by atoms with Gasteiger partial charge in [-0.15, -0.1) is 11.8 Å². The molecule has 1 N–H and O–H groups in total. The highest BCUT2D eigenvalue weighted by Gasteiger charge is 2.19. The first kappa shape index (κ1) is 14.4. The minimum atomic E-state index is -1.57. The second-order valence-electron chi connectivity index (χ2n) is 3.67. The normalized spacial score (nSPS) is 10.1. The first-order valence-electron chi connectivity index (χ1n) is 5.57. The van der Waals surface area contributed by atoms with Gasteiger partial charge in [-0.1, -0.05) is 25.1 Å². The van der Waals surface area contributed by atoms with Crippen LogP contribution in [0.15, 0.2) is 29.2 Å². The Balaban J connectivity index is 2.84. The molecule has 0 aliphatic carbocycles. The summed E-state index contributed by atoms with van der Waals surface area (Å²) in [5.41, 5.74) is 0.422. The SMILES string of the molecule is CCCSc1ccccc1C(=O)CC(=O)C(=O)O. The molecule has 0 bridgehead atoms. The molecule has 5 heteroatoms. The van der Waals surface area contributed by atoms with Crippen molar-refractivity contribution in [3.63, 3.8) is 0 Å². The van der Waals surface area contributed by atoms with E-state index in [9.17, 15) is 14.4 Å². The second kappa shape index (κ2) is 6.96. The zero-order valence-electron chi connectivity index (χ0n) is 10.0. The van der Waals surface area contributed by atoms with Crippen molar-refractivity contribution in [1.82, 2.24) is 0 Å². The van der Waals surface area contributed by atoms with Crippen LogP contribution in [0.5, 0.6) is 0 Å². The predicted molar refractivity (Wildman–Crippen MR) is 69.0 cm³/mol. The van der Waals surface area contributed by atoms with E-state index in [1.807, 2.05) is 13.0 Å². The highest BCUT2D eigenvalue weighted by atomic mass is 32.2. The molecular formula is C13H14O4S. The lowest BCUT2D eigenvalue weighted by Gasteiger charge is -2.06. The molecule has 4 nitrogen and oxygen atoms in total. The van der Waals surface area contributed by atoms with Crippen molar-refractivity contribution >= 4 is 29.3 Å². The number of Topliss-reactive ketones (excluding diaryl/α,β-unsaturated/α-hetero) is 2. The number of carboxylic acids is 1. The lowest BCUT2D eigenvalue weighted by molar-refractivity contribution is -0.148. The Morgan fingerprint density at radius 1 is 1.22 bits per heavy atom. The lowest BCUT2D eigenvalue weighted by Crippen LogP contribution is -2.17. The molecule has 0 spiro atoms. The number of aliphatic carboxylic acids is 1. The molecule has 0 aliphatic heterocycles. The summed E-state index contributed by atoms with van der Waals surface area (Å²) in [6.45, 7) is 2.03. The quantitative estimate of drug-likeness (QED) is 0.355. The number of carboxylic acid groups (broad SMARTS) is 1. The van der Waals surface area contributed by atoms with Crippen molar-refractivity contribution in [2.45, 2.75) is 24.7 Å². The van der Waals surface area contributed by atoms with Crippen LogP contribution >= 0.6 is 11.8 Å². The molecule has 1 aromatic carbocycles. The van der Waals surface area contributed by atoms with E-state index in [1.54, 1.807) is 18.2 Å². The van der Waals surface area contributed by atoms with E-state index in [-0.39, 0.29) is 0 Å².